The summed E-state index contributed by atoms with van der Waals surface area (Å²) in [5.41, 5.74) is 2.26. The van der Waals surface area contributed by atoms with Crippen molar-refractivity contribution in [1.29, 1.82) is 0 Å². The molecule has 24 heavy (non-hydrogen) atoms. The fourth-order valence-corrected chi connectivity index (χ4v) is 2.60. The Labute approximate surface area is 138 Å². The number of ether oxygens (including phenoxy) is 1. The summed E-state index contributed by atoms with van der Waals surface area (Å²) in [6.07, 6.45) is 1.65. The lowest BCUT2D eigenvalue weighted by Gasteiger charge is -2.10. The fraction of sp³-hybridized carbons (Fsp3) is 0.294. The second kappa shape index (κ2) is 5.02. The number of imidazole rings is 1. The van der Waals surface area contributed by atoms with E-state index in [2.05, 4.69) is 15.1 Å². The van der Waals surface area contributed by atoms with Gasteiger partial charge in [-0.15, -0.1) is 0 Å². The lowest BCUT2D eigenvalue weighted by atomic mass is 9.97. The van der Waals surface area contributed by atoms with Crippen LogP contribution in [0.4, 0.5) is 0 Å². The van der Waals surface area contributed by atoms with Gasteiger partial charge in [-0.05, 0) is 12.1 Å². The van der Waals surface area contributed by atoms with Crippen molar-refractivity contribution in [2.24, 2.45) is 0 Å². The van der Waals surface area contributed by atoms with Crippen LogP contribution >= 0.6 is 0 Å². The Bertz CT molecular complexity index is 933. The van der Waals surface area contributed by atoms with Crippen molar-refractivity contribution in [3.63, 3.8) is 0 Å². The first-order valence-electron chi connectivity index (χ1n) is 7.62. The Morgan fingerprint density at radius 2 is 2.00 bits per heavy atom. The van der Waals surface area contributed by atoms with E-state index in [9.17, 15) is 4.79 Å². The standard InChI is InChI=1S/C17H16N4O3/c1-17(2,3)16-19-14(20-24-16)13-12-8-23-15(22)10-6-4-5-7-11(10)21(12)9-18-13/h4-7,9H,8H2,1-3H3. The monoisotopic (exact) mass is 324 g/mol. The number of fused-ring (bicyclic) bond motifs is 3. The third kappa shape index (κ3) is 2.20. The van der Waals surface area contributed by atoms with E-state index >= 15 is 0 Å². The molecule has 1 aromatic carbocycles. The maximum absolute atomic E-state index is 12.1. The van der Waals surface area contributed by atoms with Gasteiger partial charge in [0.2, 0.25) is 11.7 Å². The van der Waals surface area contributed by atoms with Gasteiger partial charge in [-0.2, -0.15) is 4.98 Å². The van der Waals surface area contributed by atoms with Gasteiger partial charge in [-0.1, -0.05) is 38.1 Å². The van der Waals surface area contributed by atoms with Gasteiger partial charge in [-0.25, -0.2) is 9.78 Å². The number of hydrogen-bond acceptors (Lipinski definition) is 6. The van der Waals surface area contributed by atoms with Gasteiger partial charge in [0.15, 0.2) is 0 Å². The van der Waals surface area contributed by atoms with Crippen LogP contribution in [0, 0.1) is 0 Å². The summed E-state index contributed by atoms with van der Waals surface area (Å²) in [6.45, 7) is 6.09. The highest BCUT2D eigenvalue weighted by molar-refractivity contribution is 5.94. The molecule has 3 heterocycles. The van der Waals surface area contributed by atoms with E-state index in [1.165, 1.54) is 0 Å². The van der Waals surface area contributed by atoms with Crippen LogP contribution < -0.4 is 0 Å². The number of esters is 1. The van der Waals surface area contributed by atoms with Gasteiger partial charge in [-0.3, -0.25) is 4.57 Å². The van der Waals surface area contributed by atoms with Crippen LogP contribution in [0.5, 0.6) is 0 Å². The van der Waals surface area contributed by atoms with Crippen LogP contribution in [0.25, 0.3) is 17.2 Å². The molecule has 1 aliphatic rings. The maximum Gasteiger partial charge on any atom is 0.340 e. The lowest BCUT2D eigenvalue weighted by molar-refractivity contribution is 0.0476. The van der Waals surface area contributed by atoms with E-state index in [4.69, 9.17) is 9.26 Å². The molecule has 7 heteroatoms. The van der Waals surface area contributed by atoms with Crippen LogP contribution in [0.3, 0.4) is 0 Å². The van der Waals surface area contributed by atoms with E-state index in [-0.39, 0.29) is 18.0 Å². The van der Waals surface area contributed by atoms with Gasteiger partial charge in [0.05, 0.1) is 16.9 Å². The van der Waals surface area contributed by atoms with Crippen LogP contribution in [0.2, 0.25) is 0 Å². The molecule has 0 radical (unpaired) electrons. The molecular formula is C17H16N4O3. The zero-order chi connectivity index (χ0) is 16.9. The highest BCUT2D eigenvalue weighted by Crippen LogP contribution is 2.30. The van der Waals surface area contributed by atoms with Crippen molar-refractivity contribution in [2.45, 2.75) is 32.8 Å². The van der Waals surface area contributed by atoms with Gasteiger partial charge < -0.3 is 9.26 Å². The first-order chi connectivity index (χ1) is 11.4. The van der Waals surface area contributed by atoms with Gasteiger partial charge >= 0.3 is 5.97 Å². The SMILES string of the molecule is CC(C)(C)c1nc(-c2ncn3c2COC(=O)c2ccccc2-3)no1. The zero-order valence-corrected chi connectivity index (χ0v) is 13.6. The summed E-state index contributed by atoms with van der Waals surface area (Å²) < 4.78 is 12.5. The van der Waals surface area contributed by atoms with Gasteiger partial charge in [0.25, 0.3) is 0 Å². The molecule has 0 N–H and O–H groups in total. The molecule has 0 saturated heterocycles. The number of carbonyl (C=O) groups excluding carboxylic acids is 1. The smallest absolute Gasteiger partial charge is 0.340 e. The van der Waals surface area contributed by atoms with Crippen molar-refractivity contribution < 1.29 is 14.1 Å². The Morgan fingerprint density at radius 3 is 2.75 bits per heavy atom. The molecule has 0 aliphatic carbocycles. The average Bonchev–Trinajstić information content (AvgIpc) is 3.16. The molecule has 122 valence electrons. The summed E-state index contributed by atoms with van der Waals surface area (Å²) in [5, 5.41) is 4.04. The molecule has 0 amide bonds. The number of para-hydroxylation sites is 1. The molecule has 0 fully saturated rings. The lowest BCUT2D eigenvalue weighted by Crippen LogP contribution is -2.11. The second-order valence-corrected chi connectivity index (χ2v) is 6.68. The predicted molar refractivity (Wildman–Crippen MR) is 84.7 cm³/mol. The van der Waals surface area contributed by atoms with Crippen molar-refractivity contribution in [3.05, 3.63) is 47.7 Å². The van der Waals surface area contributed by atoms with Crippen LogP contribution in [-0.2, 0) is 16.8 Å². The molecule has 4 rings (SSSR count). The maximum atomic E-state index is 12.1. The second-order valence-electron chi connectivity index (χ2n) is 6.68. The quantitative estimate of drug-likeness (QED) is 0.640. The van der Waals surface area contributed by atoms with Crippen molar-refractivity contribution in [2.75, 3.05) is 0 Å². The van der Waals surface area contributed by atoms with Gasteiger partial charge in [0.1, 0.15) is 18.6 Å². The van der Waals surface area contributed by atoms with E-state index in [0.29, 0.717) is 23.0 Å². The van der Waals surface area contributed by atoms with Crippen molar-refractivity contribution in [3.8, 4) is 17.2 Å². The molecule has 7 nitrogen and oxygen atoms in total. The predicted octanol–water partition coefficient (Wildman–Crippen LogP) is 2.89. The summed E-state index contributed by atoms with van der Waals surface area (Å²) in [5.74, 6) is 0.568. The molecule has 3 aromatic rings. The Hall–Kier alpha value is -2.96. The van der Waals surface area contributed by atoms with E-state index in [0.717, 1.165) is 11.4 Å². The molecular weight excluding hydrogens is 308 g/mol. The first kappa shape index (κ1) is 14.6. The summed E-state index contributed by atoms with van der Waals surface area (Å²) >= 11 is 0. The normalized spacial score (nSPS) is 13.9. The number of carbonyl (C=O) groups is 1. The third-order valence-electron chi connectivity index (χ3n) is 3.87. The van der Waals surface area contributed by atoms with E-state index in [1.54, 1.807) is 18.5 Å². The minimum absolute atomic E-state index is 0.0994. The number of hydrogen-bond donors (Lipinski definition) is 0. The molecule has 1 aliphatic heterocycles. The number of cyclic esters (lactones) is 1. The molecule has 0 spiro atoms. The zero-order valence-electron chi connectivity index (χ0n) is 13.6. The van der Waals surface area contributed by atoms with E-state index in [1.807, 2.05) is 37.5 Å². The van der Waals surface area contributed by atoms with Crippen LogP contribution in [0.15, 0.2) is 35.1 Å². The molecule has 0 atom stereocenters. The third-order valence-corrected chi connectivity index (χ3v) is 3.87. The molecule has 0 saturated carbocycles. The number of rotatable bonds is 1. The minimum atomic E-state index is -0.358. The van der Waals surface area contributed by atoms with Crippen LogP contribution in [-0.4, -0.2) is 25.7 Å². The highest BCUT2D eigenvalue weighted by Gasteiger charge is 2.28. The first-order valence-corrected chi connectivity index (χ1v) is 7.62. The Kier molecular flexibility index (Phi) is 3.06. The molecule has 0 bridgehead atoms. The summed E-state index contributed by atoms with van der Waals surface area (Å²) in [4.78, 5) is 21.0. The fourth-order valence-electron chi connectivity index (χ4n) is 2.60. The Balaban J connectivity index is 1.85. The number of nitrogens with zero attached hydrogens (tertiary/aromatic N) is 4. The topological polar surface area (TPSA) is 83.0 Å². The molecule has 0 unspecified atom stereocenters. The minimum Gasteiger partial charge on any atom is -0.456 e. The Morgan fingerprint density at radius 1 is 1.21 bits per heavy atom. The highest BCUT2D eigenvalue weighted by atomic mass is 16.5. The van der Waals surface area contributed by atoms with E-state index < -0.39 is 0 Å². The number of aromatic nitrogens is 4. The average molecular weight is 324 g/mol. The van der Waals surface area contributed by atoms with Crippen LogP contribution in [0.1, 0.15) is 42.7 Å². The molecule has 2 aromatic heterocycles. The largest absolute Gasteiger partial charge is 0.456 e. The van der Waals surface area contributed by atoms with Crippen molar-refractivity contribution in [1.82, 2.24) is 19.7 Å². The van der Waals surface area contributed by atoms with Gasteiger partial charge in [0, 0.05) is 5.41 Å². The number of benzene rings is 1. The summed E-state index contributed by atoms with van der Waals surface area (Å²) in [6, 6.07) is 7.26. The van der Waals surface area contributed by atoms with Crippen molar-refractivity contribution >= 4 is 5.97 Å². The summed E-state index contributed by atoms with van der Waals surface area (Å²) in [7, 11) is 0.